The van der Waals surface area contributed by atoms with Crippen LogP contribution in [0.3, 0.4) is 0 Å². The maximum Gasteiger partial charge on any atom is 0.0339 e. The highest BCUT2D eigenvalue weighted by molar-refractivity contribution is 5.14. The molecule has 3 heteroatoms. The van der Waals surface area contributed by atoms with E-state index in [2.05, 4.69) is 49.0 Å². The standard InChI is InChI=1S/C15H25N3/c1-5-14-10-17-15(3,4)11-18(14)12(2)13-7-6-8-16-9-13/h6-9,12,14,17H,5,10-11H2,1-4H3. The summed E-state index contributed by atoms with van der Waals surface area (Å²) >= 11 is 0. The molecular formula is C15H25N3. The maximum atomic E-state index is 4.25. The van der Waals surface area contributed by atoms with Gasteiger partial charge in [0.15, 0.2) is 0 Å². The van der Waals surface area contributed by atoms with Crippen molar-refractivity contribution in [2.45, 2.75) is 51.7 Å². The highest BCUT2D eigenvalue weighted by Crippen LogP contribution is 2.27. The number of nitrogens with one attached hydrogen (secondary N) is 1. The van der Waals surface area contributed by atoms with Crippen molar-refractivity contribution in [2.24, 2.45) is 0 Å². The van der Waals surface area contributed by atoms with E-state index in [1.807, 2.05) is 18.5 Å². The van der Waals surface area contributed by atoms with Crippen LogP contribution in [0.4, 0.5) is 0 Å². The molecule has 1 aliphatic rings. The van der Waals surface area contributed by atoms with E-state index in [0.29, 0.717) is 12.1 Å². The Kier molecular flexibility index (Phi) is 4.03. The molecule has 0 bridgehead atoms. The van der Waals surface area contributed by atoms with Gasteiger partial charge in [0, 0.05) is 43.1 Å². The molecule has 0 spiro atoms. The number of pyridine rings is 1. The molecule has 0 amide bonds. The molecule has 0 aliphatic carbocycles. The van der Waals surface area contributed by atoms with E-state index in [4.69, 9.17) is 0 Å². The molecule has 2 unspecified atom stereocenters. The van der Waals surface area contributed by atoms with Crippen molar-refractivity contribution in [1.82, 2.24) is 15.2 Å². The third kappa shape index (κ3) is 2.90. The lowest BCUT2D eigenvalue weighted by atomic mass is 9.94. The Morgan fingerprint density at radius 1 is 1.56 bits per heavy atom. The third-order valence-electron chi connectivity index (χ3n) is 4.00. The van der Waals surface area contributed by atoms with Crippen LogP contribution in [0.15, 0.2) is 24.5 Å². The molecular weight excluding hydrogens is 222 g/mol. The van der Waals surface area contributed by atoms with Crippen LogP contribution in [-0.4, -0.2) is 34.6 Å². The molecule has 1 N–H and O–H groups in total. The van der Waals surface area contributed by atoms with Crippen LogP contribution in [-0.2, 0) is 0 Å². The monoisotopic (exact) mass is 247 g/mol. The SMILES string of the molecule is CCC1CNC(C)(C)CN1C(C)c1cccnc1. The zero-order chi connectivity index (χ0) is 13.2. The molecule has 1 aromatic heterocycles. The van der Waals surface area contributed by atoms with Gasteiger partial charge in [0.1, 0.15) is 0 Å². The smallest absolute Gasteiger partial charge is 0.0339 e. The molecule has 1 fully saturated rings. The van der Waals surface area contributed by atoms with E-state index in [9.17, 15) is 0 Å². The van der Waals surface area contributed by atoms with E-state index in [1.165, 1.54) is 12.0 Å². The largest absolute Gasteiger partial charge is 0.309 e. The molecule has 1 aromatic rings. The first-order chi connectivity index (χ1) is 8.53. The van der Waals surface area contributed by atoms with Crippen LogP contribution < -0.4 is 5.32 Å². The molecule has 2 rings (SSSR count). The van der Waals surface area contributed by atoms with Gasteiger partial charge in [-0.1, -0.05) is 13.0 Å². The van der Waals surface area contributed by atoms with Gasteiger partial charge < -0.3 is 5.32 Å². The second-order valence-corrected chi connectivity index (χ2v) is 5.96. The molecule has 3 nitrogen and oxygen atoms in total. The van der Waals surface area contributed by atoms with Gasteiger partial charge in [-0.15, -0.1) is 0 Å². The van der Waals surface area contributed by atoms with Crippen molar-refractivity contribution in [3.63, 3.8) is 0 Å². The first-order valence-electron chi connectivity index (χ1n) is 6.94. The van der Waals surface area contributed by atoms with E-state index < -0.39 is 0 Å². The number of nitrogens with zero attached hydrogens (tertiary/aromatic N) is 2. The van der Waals surface area contributed by atoms with E-state index in [-0.39, 0.29) is 5.54 Å². The summed E-state index contributed by atoms with van der Waals surface area (Å²) in [6.07, 6.45) is 5.02. The first-order valence-corrected chi connectivity index (χ1v) is 6.94. The van der Waals surface area contributed by atoms with Gasteiger partial charge in [0.2, 0.25) is 0 Å². The van der Waals surface area contributed by atoms with Crippen molar-refractivity contribution < 1.29 is 0 Å². The first kappa shape index (κ1) is 13.5. The lowest BCUT2D eigenvalue weighted by Crippen LogP contribution is -2.61. The Balaban J connectivity index is 2.18. The Bertz CT molecular complexity index is 375. The van der Waals surface area contributed by atoms with Gasteiger partial charge in [-0.3, -0.25) is 9.88 Å². The predicted octanol–water partition coefficient (Wildman–Crippen LogP) is 2.61. The topological polar surface area (TPSA) is 28.2 Å². The minimum atomic E-state index is 0.197. The van der Waals surface area contributed by atoms with Crippen molar-refractivity contribution in [3.8, 4) is 0 Å². The van der Waals surface area contributed by atoms with Crippen LogP contribution in [0, 0.1) is 0 Å². The summed E-state index contributed by atoms with van der Waals surface area (Å²) in [4.78, 5) is 6.86. The molecule has 0 aromatic carbocycles. The molecule has 1 aliphatic heterocycles. The van der Waals surface area contributed by atoms with Crippen molar-refractivity contribution in [3.05, 3.63) is 30.1 Å². The number of hydrogen-bond acceptors (Lipinski definition) is 3. The average Bonchev–Trinajstić information content (AvgIpc) is 2.38. The second kappa shape index (κ2) is 5.37. The quantitative estimate of drug-likeness (QED) is 0.890. The fourth-order valence-electron chi connectivity index (χ4n) is 2.80. The summed E-state index contributed by atoms with van der Waals surface area (Å²) in [7, 11) is 0. The minimum absolute atomic E-state index is 0.197. The Labute approximate surface area is 111 Å². The molecule has 18 heavy (non-hydrogen) atoms. The van der Waals surface area contributed by atoms with Crippen molar-refractivity contribution in [1.29, 1.82) is 0 Å². The number of aromatic nitrogens is 1. The Morgan fingerprint density at radius 3 is 2.94 bits per heavy atom. The number of piperazine rings is 1. The molecule has 0 radical (unpaired) electrons. The predicted molar refractivity (Wildman–Crippen MR) is 75.5 cm³/mol. The molecule has 100 valence electrons. The summed E-state index contributed by atoms with van der Waals surface area (Å²) in [5.41, 5.74) is 1.51. The molecule has 0 saturated carbocycles. The maximum absolute atomic E-state index is 4.25. The third-order valence-corrected chi connectivity index (χ3v) is 4.00. The highest BCUT2D eigenvalue weighted by atomic mass is 15.3. The summed E-state index contributed by atoms with van der Waals surface area (Å²) in [5.74, 6) is 0. The second-order valence-electron chi connectivity index (χ2n) is 5.96. The van der Waals surface area contributed by atoms with Crippen LogP contribution in [0.25, 0.3) is 0 Å². The summed E-state index contributed by atoms with van der Waals surface area (Å²) in [6, 6.07) is 5.26. The number of rotatable bonds is 3. The van der Waals surface area contributed by atoms with Crippen LogP contribution in [0.1, 0.15) is 45.7 Å². The van der Waals surface area contributed by atoms with Crippen molar-refractivity contribution >= 4 is 0 Å². The van der Waals surface area contributed by atoms with E-state index >= 15 is 0 Å². The Hall–Kier alpha value is -0.930. The number of hydrogen-bond donors (Lipinski definition) is 1. The van der Waals surface area contributed by atoms with E-state index in [0.717, 1.165) is 13.1 Å². The van der Waals surface area contributed by atoms with Gasteiger partial charge in [-0.25, -0.2) is 0 Å². The highest BCUT2D eigenvalue weighted by Gasteiger charge is 2.34. The molecule has 2 heterocycles. The fraction of sp³-hybridized carbons (Fsp3) is 0.667. The average molecular weight is 247 g/mol. The zero-order valence-corrected chi connectivity index (χ0v) is 12.0. The normalized spacial score (nSPS) is 25.9. The van der Waals surface area contributed by atoms with Crippen LogP contribution >= 0.6 is 0 Å². The van der Waals surface area contributed by atoms with Gasteiger partial charge in [0.25, 0.3) is 0 Å². The molecule has 2 atom stereocenters. The van der Waals surface area contributed by atoms with Gasteiger partial charge in [-0.05, 0) is 38.8 Å². The van der Waals surface area contributed by atoms with Gasteiger partial charge in [-0.2, -0.15) is 0 Å². The fourth-order valence-corrected chi connectivity index (χ4v) is 2.80. The van der Waals surface area contributed by atoms with Crippen LogP contribution in [0.5, 0.6) is 0 Å². The van der Waals surface area contributed by atoms with Crippen LogP contribution in [0.2, 0.25) is 0 Å². The van der Waals surface area contributed by atoms with Crippen molar-refractivity contribution in [2.75, 3.05) is 13.1 Å². The van der Waals surface area contributed by atoms with Gasteiger partial charge >= 0.3 is 0 Å². The van der Waals surface area contributed by atoms with E-state index in [1.54, 1.807) is 0 Å². The minimum Gasteiger partial charge on any atom is -0.309 e. The molecule has 1 saturated heterocycles. The Morgan fingerprint density at radius 2 is 2.33 bits per heavy atom. The lowest BCUT2D eigenvalue weighted by molar-refractivity contribution is 0.0579. The summed E-state index contributed by atoms with van der Waals surface area (Å²) in [6.45, 7) is 11.3. The lowest BCUT2D eigenvalue weighted by Gasteiger charge is -2.47. The van der Waals surface area contributed by atoms with Gasteiger partial charge in [0.05, 0.1) is 0 Å². The summed E-state index contributed by atoms with van der Waals surface area (Å²) < 4.78 is 0. The zero-order valence-electron chi connectivity index (χ0n) is 12.0. The summed E-state index contributed by atoms with van der Waals surface area (Å²) in [5, 5.41) is 3.64.